The monoisotopic (exact) mass is 516 g/mol. The Morgan fingerprint density at radius 3 is 2.70 bits per heavy atom. The molecule has 0 amide bonds. The average molecular weight is 517 g/mol. The van der Waals surface area contributed by atoms with E-state index in [1.807, 2.05) is 18.2 Å². The van der Waals surface area contributed by atoms with Gasteiger partial charge in [-0.15, -0.1) is 0 Å². The number of ether oxygens (including phenoxy) is 1. The minimum Gasteiger partial charge on any atom is -0.496 e. The number of carbonyl (C=O) groups is 1. The van der Waals surface area contributed by atoms with Crippen LogP contribution in [0.15, 0.2) is 24.4 Å². The summed E-state index contributed by atoms with van der Waals surface area (Å²) in [6.07, 6.45) is 8.10. The number of alkyl halides is 2. The maximum atomic E-state index is 12.1. The van der Waals surface area contributed by atoms with Crippen molar-refractivity contribution in [3.8, 4) is 5.75 Å². The van der Waals surface area contributed by atoms with Crippen molar-refractivity contribution in [2.75, 3.05) is 32.1 Å². The van der Waals surface area contributed by atoms with Crippen molar-refractivity contribution in [1.29, 1.82) is 0 Å². The summed E-state index contributed by atoms with van der Waals surface area (Å²) in [5, 5.41) is 12.8. The van der Waals surface area contributed by atoms with Crippen LogP contribution in [0.25, 0.3) is 0 Å². The molecule has 3 aliphatic rings. The molecule has 0 radical (unpaired) electrons. The number of pyridine rings is 2. The van der Waals surface area contributed by atoms with Crippen molar-refractivity contribution < 1.29 is 23.4 Å². The summed E-state index contributed by atoms with van der Waals surface area (Å²) < 4.78 is 29.5. The van der Waals surface area contributed by atoms with Gasteiger partial charge in [0.25, 0.3) is 0 Å². The molecule has 202 valence electrons. The molecule has 2 aromatic rings. The van der Waals surface area contributed by atoms with E-state index in [9.17, 15) is 18.7 Å². The van der Waals surface area contributed by atoms with Gasteiger partial charge in [-0.3, -0.25) is 14.7 Å². The quantitative estimate of drug-likeness (QED) is 0.397. The van der Waals surface area contributed by atoms with Crippen molar-refractivity contribution in [1.82, 2.24) is 14.9 Å². The predicted molar refractivity (Wildman–Crippen MR) is 139 cm³/mol. The third-order valence-corrected chi connectivity index (χ3v) is 7.23. The van der Waals surface area contributed by atoms with Crippen LogP contribution in [0.3, 0.4) is 0 Å². The largest absolute Gasteiger partial charge is 0.496 e. The van der Waals surface area contributed by atoms with Gasteiger partial charge in [-0.2, -0.15) is 0 Å². The first kappa shape index (κ1) is 27.2. The molecule has 2 fully saturated rings. The predicted octanol–water partition coefficient (Wildman–Crippen LogP) is 5.61. The van der Waals surface area contributed by atoms with E-state index in [2.05, 4.69) is 20.2 Å². The molecule has 0 aromatic carbocycles. The average Bonchev–Trinajstić information content (AvgIpc) is 3.61. The van der Waals surface area contributed by atoms with Gasteiger partial charge in [-0.25, -0.2) is 13.8 Å². The molecule has 1 atom stereocenters. The first-order valence-electron chi connectivity index (χ1n) is 13.5. The molecule has 2 aliphatic heterocycles. The maximum Gasteiger partial charge on any atom is 0.325 e. The Hall–Kier alpha value is -2.81. The number of hydrogen-bond donors (Lipinski definition) is 2. The smallest absolute Gasteiger partial charge is 0.325 e. The number of carboxylic acid groups (broad SMARTS) is 1. The second-order valence-corrected chi connectivity index (χ2v) is 10.0. The van der Waals surface area contributed by atoms with Gasteiger partial charge in [0.2, 0.25) is 6.43 Å². The van der Waals surface area contributed by atoms with Gasteiger partial charge in [-0.05, 0) is 76.9 Å². The fourth-order valence-electron chi connectivity index (χ4n) is 5.22. The van der Waals surface area contributed by atoms with E-state index in [-0.39, 0.29) is 6.42 Å². The normalized spacial score (nSPS) is 17.9. The number of unbranched alkanes of at least 4 members (excludes halogenated alkanes) is 1. The van der Waals surface area contributed by atoms with Crippen molar-refractivity contribution in [3.05, 3.63) is 46.9 Å². The van der Waals surface area contributed by atoms with Crippen molar-refractivity contribution >= 4 is 11.8 Å². The van der Waals surface area contributed by atoms with Crippen LogP contribution in [0.4, 0.5) is 14.6 Å². The zero-order valence-electron chi connectivity index (χ0n) is 21.6. The summed E-state index contributed by atoms with van der Waals surface area (Å²) >= 11 is 0. The highest BCUT2D eigenvalue weighted by molar-refractivity contribution is 5.76. The van der Waals surface area contributed by atoms with Crippen LogP contribution in [0.5, 0.6) is 5.75 Å². The Morgan fingerprint density at radius 1 is 1.24 bits per heavy atom. The lowest BCUT2D eigenvalue weighted by Gasteiger charge is -2.25. The minimum atomic E-state index is -2.20. The lowest BCUT2D eigenvalue weighted by Crippen LogP contribution is -2.32. The highest BCUT2D eigenvalue weighted by Crippen LogP contribution is 2.43. The van der Waals surface area contributed by atoms with Crippen LogP contribution in [-0.2, 0) is 17.6 Å². The van der Waals surface area contributed by atoms with Gasteiger partial charge < -0.3 is 15.2 Å². The number of fused-ring (bicyclic) bond motifs is 1. The molecule has 2 aromatic heterocycles. The number of nitrogens with zero attached hydrogens (tertiary/aromatic N) is 3. The fourth-order valence-corrected chi connectivity index (χ4v) is 5.22. The maximum absolute atomic E-state index is 12.1. The number of aromatic nitrogens is 2. The van der Waals surface area contributed by atoms with E-state index < -0.39 is 18.4 Å². The molecule has 1 saturated carbocycles. The molecule has 1 unspecified atom stereocenters. The number of anilines is 1. The Balaban J connectivity index is 0.000000173. The zero-order chi connectivity index (χ0) is 26.2. The van der Waals surface area contributed by atoms with Crippen LogP contribution in [-0.4, -0.2) is 59.1 Å². The van der Waals surface area contributed by atoms with Gasteiger partial charge in [0, 0.05) is 53.7 Å². The van der Waals surface area contributed by atoms with Gasteiger partial charge in [-0.1, -0.05) is 6.07 Å². The highest BCUT2D eigenvalue weighted by atomic mass is 19.3. The van der Waals surface area contributed by atoms with E-state index >= 15 is 0 Å². The Morgan fingerprint density at radius 2 is 2.03 bits per heavy atom. The van der Waals surface area contributed by atoms with Gasteiger partial charge >= 0.3 is 5.97 Å². The SMILES string of the molecule is COc1cc(CCCCC(F)F)nc2c1CCCN2.O=C(O)C(c1cccnc1C1CC1)N1CCCC1. The van der Waals surface area contributed by atoms with Crippen molar-refractivity contribution in [3.63, 3.8) is 0 Å². The molecule has 4 heterocycles. The molecule has 2 N–H and O–H groups in total. The molecule has 1 saturated heterocycles. The van der Waals surface area contributed by atoms with Crippen LogP contribution in [0.2, 0.25) is 0 Å². The summed E-state index contributed by atoms with van der Waals surface area (Å²) in [4.78, 5) is 22.7. The minimum absolute atomic E-state index is 0.0275. The first-order valence-corrected chi connectivity index (χ1v) is 13.5. The summed E-state index contributed by atoms with van der Waals surface area (Å²) in [7, 11) is 1.66. The molecular formula is C28H38F2N4O3. The third-order valence-electron chi connectivity index (χ3n) is 7.23. The van der Waals surface area contributed by atoms with Crippen molar-refractivity contribution in [2.24, 2.45) is 0 Å². The zero-order valence-corrected chi connectivity index (χ0v) is 21.6. The Kier molecular flexibility index (Phi) is 9.66. The third kappa shape index (κ3) is 7.37. The fraction of sp³-hybridized carbons (Fsp3) is 0.607. The second kappa shape index (κ2) is 13.1. The molecule has 9 heteroatoms. The number of aryl methyl sites for hydroxylation is 1. The van der Waals surface area contributed by atoms with Crippen LogP contribution < -0.4 is 10.1 Å². The van der Waals surface area contributed by atoms with E-state index in [0.717, 1.165) is 105 Å². The Bertz CT molecular complexity index is 1020. The van der Waals surface area contributed by atoms with Gasteiger partial charge in [0.15, 0.2) is 0 Å². The van der Waals surface area contributed by atoms with Gasteiger partial charge in [0.1, 0.15) is 17.6 Å². The Labute approximate surface area is 217 Å². The second-order valence-electron chi connectivity index (χ2n) is 10.0. The topological polar surface area (TPSA) is 87.6 Å². The molecular weight excluding hydrogens is 478 g/mol. The molecule has 37 heavy (non-hydrogen) atoms. The van der Waals surface area contributed by atoms with Crippen molar-refractivity contribution in [2.45, 2.75) is 82.6 Å². The summed E-state index contributed by atoms with van der Waals surface area (Å²) in [5.74, 6) is 1.51. The number of aliphatic carboxylic acids is 1. The van der Waals surface area contributed by atoms with E-state index in [1.165, 1.54) is 0 Å². The number of likely N-dealkylation sites (tertiary alicyclic amines) is 1. The van der Waals surface area contributed by atoms with E-state index in [4.69, 9.17) is 4.74 Å². The summed E-state index contributed by atoms with van der Waals surface area (Å²) in [6.45, 7) is 2.70. The van der Waals surface area contributed by atoms with E-state index in [0.29, 0.717) is 12.3 Å². The first-order chi connectivity index (χ1) is 18.0. The highest BCUT2D eigenvalue weighted by Gasteiger charge is 2.35. The number of carboxylic acids is 1. The number of hydrogen-bond acceptors (Lipinski definition) is 6. The van der Waals surface area contributed by atoms with Crippen LogP contribution in [0.1, 0.15) is 85.8 Å². The summed E-state index contributed by atoms with van der Waals surface area (Å²) in [5.41, 5.74) is 3.97. The molecule has 5 rings (SSSR count). The lowest BCUT2D eigenvalue weighted by atomic mass is 10.0. The van der Waals surface area contributed by atoms with Crippen LogP contribution in [0, 0.1) is 0 Å². The molecule has 7 nitrogen and oxygen atoms in total. The molecule has 0 spiro atoms. The number of methoxy groups -OCH3 is 1. The van der Waals surface area contributed by atoms with Crippen LogP contribution >= 0.6 is 0 Å². The standard InChI is InChI=1S/C14H20F2N2O.C14H18N2O2/c1-19-12-9-10(5-2-3-7-13(15)16)18-14-11(12)6-4-8-17-14;17-14(18)13(16-8-1-2-9-16)11-4-3-7-15-12(11)10-5-6-10/h9,13H,2-8H2,1H3,(H,17,18);3-4,7,10,13H,1-2,5-6,8-9H2,(H,17,18). The number of nitrogens with one attached hydrogen (secondary N) is 1. The number of halogens is 2. The molecule has 1 aliphatic carbocycles. The van der Waals surface area contributed by atoms with Gasteiger partial charge in [0.05, 0.1) is 7.11 Å². The lowest BCUT2D eigenvalue weighted by molar-refractivity contribution is -0.143. The summed E-state index contributed by atoms with van der Waals surface area (Å²) in [6, 6.07) is 5.23. The van der Waals surface area contributed by atoms with E-state index in [1.54, 1.807) is 13.3 Å². The molecule has 0 bridgehead atoms. The number of rotatable bonds is 10.